The van der Waals surface area contributed by atoms with Crippen LogP contribution in [0, 0.1) is 5.82 Å². The number of esters is 1. The average molecular weight is 500 g/mol. The van der Waals surface area contributed by atoms with Crippen molar-refractivity contribution in [2.45, 2.75) is 26.2 Å². The Bertz CT molecular complexity index is 1460. The van der Waals surface area contributed by atoms with Gasteiger partial charge in [-0.2, -0.15) is 0 Å². The van der Waals surface area contributed by atoms with E-state index in [1.807, 2.05) is 13.8 Å². The number of rotatable bonds is 5. The zero-order valence-corrected chi connectivity index (χ0v) is 20.6. The number of carbonyl (C=O) groups excluding carboxylic acids is 2. The topological polar surface area (TPSA) is 109 Å². The standard InChI is InChI=1S/C25H26FN3O5S/c1-5-34-24(31)19-13-29(23(30)15-6-8-16(26)9-7-15)14-25(2,3)21-18-12-17(28-35(4,32)33)10-11-20(18)27-22(19)21/h6-13,27-28H,5,14H2,1-4H3. The van der Waals surface area contributed by atoms with Crippen LogP contribution >= 0.6 is 0 Å². The average Bonchev–Trinajstić information content (AvgIpc) is 3.09. The van der Waals surface area contributed by atoms with Gasteiger partial charge in [-0.25, -0.2) is 17.6 Å². The molecule has 2 aromatic carbocycles. The number of H-pyrrole nitrogens is 1. The highest BCUT2D eigenvalue weighted by Crippen LogP contribution is 2.41. The Labute approximate surface area is 202 Å². The molecule has 0 bridgehead atoms. The molecule has 1 amide bonds. The molecule has 0 spiro atoms. The summed E-state index contributed by atoms with van der Waals surface area (Å²) in [6.07, 6.45) is 2.53. The Morgan fingerprint density at radius 2 is 1.86 bits per heavy atom. The van der Waals surface area contributed by atoms with Gasteiger partial charge in [0, 0.05) is 40.3 Å². The summed E-state index contributed by atoms with van der Waals surface area (Å²) in [7, 11) is -3.50. The van der Waals surface area contributed by atoms with Crippen molar-refractivity contribution in [1.82, 2.24) is 9.88 Å². The number of aromatic amines is 1. The minimum absolute atomic E-state index is 0.142. The maximum atomic E-state index is 13.4. The molecule has 8 nitrogen and oxygen atoms in total. The molecule has 3 aromatic rings. The Hall–Kier alpha value is -3.66. The lowest BCUT2D eigenvalue weighted by molar-refractivity contribution is -0.136. The number of fused-ring (bicyclic) bond motifs is 3. The Balaban J connectivity index is 1.90. The van der Waals surface area contributed by atoms with Gasteiger partial charge in [-0.05, 0) is 55.0 Å². The van der Waals surface area contributed by atoms with E-state index in [1.165, 1.54) is 35.4 Å². The highest BCUT2D eigenvalue weighted by molar-refractivity contribution is 7.92. The Morgan fingerprint density at radius 3 is 2.49 bits per heavy atom. The van der Waals surface area contributed by atoms with Gasteiger partial charge in [0.15, 0.2) is 0 Å². The van der Waals surface area contributed by atoms with Gasteiger partial charge in [-0.15, -0.1) is 0 Å². The summed E-state index contributed by atoms with van der Waals surface area (Å²) in [6, 6.07) is 10.3. The molecule has 35 heavy (non-hydrogen) atoms. The highest BCUT2D eigenvalue weighted by Gasteiger charge is 2.37. The van der Waals surface area contributed by atoms with E-state index in [9.17, 15) is 22.4 Å². The molecule has 1 aromatic heterocycles. The van der Waals surface area contributed by atoms with Crippen LogP contribution in [-0.4, -0.2) is 49.6 Å². The zero-order chi connectivity index (χ0) is 25.5. The summed E-state index contributed by atoms with van der Waals surface area (Å²) in [6.45, 7) is 5.90. The molecule has 0 fully saturated rings. The second kappa shape index (κ2) is 8.84. The van der Waals surface area contributed by atoms with Crippen LogP contribution in [0.25, 0.3) is 16.5 Å². The van der Waals surface area contributed by atoms with Crippen molar-refractivity contribution in [2.24, 2.45) is 0 Å². The first-order valence-electron chi connectivity index (χ1n) is 11.0. The number of halogens is 1. The van der Waals surface area contributed by atoms with E-state index >= 15 is 0 Å². The molecule has 10 heteroatoms. The zero-order valence-electron chi connectivity index (χ0n) is 19.8. The normalized spacial score (nSPS) is 15.2. The van der Waals surface area contributed by atoms with Crippen molar-refractivity contribution in [2.75, 3.05) is 24.1 Å². The van der Waals surface area contributed by atoms with E-state index in [4.69, 9.17) is 4.74 Å². The van der Waals surface area contributed by atoms with Gasteiger partial charge < -0.3 is 14.6 Å². The minimum atomic E-state index is -3.50. The monoisotopic (exact) mass is 499 g/mol. The fourth-order valence-electron chi connectivity index (χ4n) is 4.40. The van der Waals surface area contributed by atoms with E-state index < -0.39 is 33.1 Å². The molecular weight excluding hydrogens is 473 g/mol. The number of sulfonamides is 1. The van der Waals surface area contributed by atoms with Crippen molar-refractivity contribution >= 4 is 44.1 Å². The van der Waals surface area contributed by atoms with E-state index in [0.717, 1.165) is 11.8 Å². The molecule has 184 valence electrons. The number of hydrogen-bond donors (Lipinski definition) is 2. The molecule has 0 radical (unpaired) electrons. The van der Waals surface area contributed by atoms with Crippen molar-refractivity contribution < 1.29 is 27.1 Å². The van der Waals surface area contributed by atoms with E-state index in [1.54, 1.807) is 25.1 Å². The number of nitrogens with zero attached hydrogens (tertiary/aromatic N) is 1. The number of aromatic nitrogens is 1. The molecule has 0 atom stereocenters. The lowest BCUT2D eigenvalue weighted by Crippen LogP contribution is -2.37. The maximum absolute atomic E-state index is 13.4. The number of nitrogens with one attached hydrogen (secondary N) is 2. The van der Waals surface area contributed by atoms with Crippen LogP contribution in [0.5, 0.6) is 0 Å². The first-order valence-corrected chi connectivity index (χ1v) is 12.9. The molecule has 4 rings (SSSR count). The molecule has 2 N–H and O–H groups in total. The van der Waals surface area contributed by atoms with Crippen molar-refractivity contribution in [3.63, 3.8) is 0 Å². The molecule has 0 aliphatic carbocycles. The van der Waals surface area contributed by atoms with Gasteiger partial charge in [-0.1, -0.05) is 13.8 Å². The van der Waals surface area contributed by atoms with Gasteiger partial charge >= 0.3 is 5.97 Å². The fourth-order valence-corrected chi connectivity index (χ4v) is 4.95. The summed E-state index contributed by atoms with van der Waals surface area (Å²) < 4.78 is 44.7. The van der Waals surface area contributed by atoms with Gasteiger partial charge in [0.2, 0.25) is 10.0 Å². The first-order chi connectivity index (χ1) is 16.4. The number of hydrogen-bond acceptors (Lipinski definition) is 5. The Kier molecular flexibility index (Phi) is 6.18. The molecular formula is C25H26FN3O5S. The number of carbonyl (C=O) groups is 2. The van der Waals surface area contributed by atoms with Crippen LogP contribution in [0.4, 0.5) is 10.1 Å². The molecule has 1 aliphatic heterocycles. The third-order valence-corrected chi connectivity index (χ3v) is 6.35. The lowest BCUT2D eigenvalue weighted by Gasteiger charge is -2.29. The van der Waals surface area contributed by atoms with Crippen LogP contribution in [0.15, 0.2) is 48.7 Å². The van der Waals surface area contributed by atoms with E-state index in [2.05, 4.69) is 9.71 Å². The SMILES string of the molecule is CCOC(=O)C1=CN(C(=O)c2ccc(F)cc2)CC(C)(C)c2c1[nH]c1ccc(NS(C)(=O)=O)cc21. The second-order valence-corrected chi connectivity index (χ2v) is 10.8. The van der Waals surface area contributed by atoms with E-state index in [-0.39, 0.29) is 24.3 Å². The summed E-state index contributed by atoms with van der Waals surface area (Å²) in [5.41, 5.74) is 2.09. The van der Waals surface area contributed by atoms with Crippen LogP contribution in [0.2, 0.25) is 0 Å². The van der Waals surface area contributed by atoms with Gasteiger partial charge in [0.25, 0.3) is 5.91 Å². The van der Waals surface area contributed by atoms with Gasteiger partial charge in [-0.3, -0.25) is 9.52 Å². The summed E-state index contributed by atoms with van der Waals surface area (Å²) in [4.78, 5) is 31.1. The minimum Gasteiger partial charge on any atom is -0.462 e. The van der Waals surface area contributed by atoms with Crippen LogP contribution in [-0.2, 0) is 25.0 Å². The third-order valence-electron chi connectivity index (χ3n) is 5.75. The molecule has 0 saturated carbocycles. The molecule has 0 saturated heterocycles. The van der Waals surface area contributed by atoms with Gasteiger partial charge in [0.05, 0.1) is 24.1 Å². The lowest BCUT2D eigenvalue weighted by atomic mass is 9.81. The van der Waals surface area contributed by atoms with Crippen molar-refractivity contribution in [3.8, 4) is 0 Å². The summed E-state index contributed by atoms with van der Waals surface area (Å²) >= 11 is 0. The predicted molar refractivity (Wildman–Crippen MR) is 132 cm³/mol. The number of amides is 1. The predicted octanol–water partition coefficient (Wildman–Crippen LogP) is 4.02. The number of benzene rings is 2. The summed E-state index contributed by atoms with van der Waals surface area (Å²) in [5, 5.41) is 0.713. The Morgan fingerprint density at radius 1 is 1.17 bits per heavy atom. The maximum Gasteiger partial charge on any atom is 0.341 e. The summed E-state index contributed by atoms with van der Waals surface area (Å²) in [5.74, 6) is -1.46. The first kappa shape index (κ1) is 24.5. The number of ether oxygens (including phenoxy) is 1. The quantitative estimate of drug-likeness (QED) is 0.516. The smallest absolute Gasteiger partial charge is 0.341 e. The number of anilines is 1. The largest absolute Gasteiger partial charge is 0.462 e. The third kappa shape index (κ3) is 4.93. The second-order valence-electron chi connectivity index (χ2n) is 9.10. The van der Waals surface area contributed by atoms with Gasteiger partial charge in [0.1, 0.15) is 5.82 Å². The van der Waals surface area contributed by atoms with Crippen LogP contribution in [0.1, 0.15) is 42.4 Å². The van der Waals surface area contributed by atoms with Crippen LogP contribution in [0.3, 0.4) is 0 Å². The molecule has 0 unspecified atom stereocenters. The molecule has 1 aliphatic rings. The van der Waals surface area contributed by atoms with Crippen molar-refractivity contribution in [1.29, 1.82) is 0 Å². The van der Waals surface area contributed by atoms with Crippen molar-refractivity contribution in [3.05, 3.63) is 71.3 Å². The van der Waals surface area contributed by atoms with E-state index in [0.29, 0.717) is 22.3 Å². The fraction of sp³-hybridized carbons (Fsp3) is 0.280. The molecule has 2 heterocycles. The van der Waals surface area contributed by atoms with Crippen LogP contribution < -0.4 is 4.72 Å². The highest BCUT2D eigenvalue weighted by atomic mass is 32.2.